The first kappa shape index (κ1) is 12.3. The normalized spacial score (nSPS) is 30.8. The Balaban J connectivity index is 1.61. The zero-order valence-corrected chi connectivity index (χ0v) is 10.7. The van der Waals surface area contributed by atoms with E-state index in [1.807, 2.05) is 0 Å². The van der Waals surface area contributed by atoms with Gasteiger partial charge in [0.25, 0.3) is 0 Å². The van der Waals surface area contributed by atoms with Gasteiger partial charge in [-0.2, -0.15) is 0 Å². The van der Waals surface area contributed by atoms with Crippen LogP contribution in [0.2, 0.25) is 0 Å². The molecule has 16 heavy (non-hydrogen) atoms. The first-order chi connectivity index (χ1) is 7.68. The van der Waals surface area contributed by atoms with Crippen molar-refractivity contribution in [3.8, 4) is 0 Å². The van der Waals surface area contributed by atoms with Gasteiger partial charge in [-0.15, -0.1) is 0 Å². The molecule has 0 saturated carbocycles. The fraction of sp³-hybridized carbons (Fsp3) is 1.00. The predicted octanol–water partition coefficient (Wildman–Crippen LogP) is 1.53. The number of nitrogens with one attached hydrogen (secondary N) is 2. The van der Waals surface area contributed by atoms with Crippen LogP contribution < -0.4 is 10.6 Å². The monoisotopic (exact) mass is 226 g/mol. The highest BCUT2D eigenvalue weighted by Crippen LogP contribution is 2.25. The van der Waals surface area contributed by atoms with Crippen molar-refractivity contribution in [2.75, 3.05) is 26.3 Å². The molecule has 2 atom stereocenters. The van der Waals surface area contributed by atoms with Crippen molar-refractivity contribution >= 4 is 0 Å². The van der Waals surface area contributed by atoms with Crippen molar-refractivity contribution in [2.45, 2.75) is 51.6 Å². The Morgan fingerprint density at radius 2 is 2.25 bits per heavy atom. The molecule has 2 fully saturated rings. The molecule has 2 saturated heterocycles. The molecule has 0 aromatic heterocycles. The van der Waals surface area contributed by atoms with Crippen molar-refractivity contribution < 1.29 is 4.74 Å². The molecule has 2 unspecified atom stereocenters. The average molecular weight is 226 g/mol. The van der Waals surface area contributed by atoms with Gasteiger partial charge in [0.15, 0.2) is 0 Å². The second-order valence-corrected chi connectivity index (χ2v) is 5.97. The van der Waals surface area contributed by atoms with Gasteiger partial charge in [0.05, 0.1) is 13.2 Å². The first-order valence-corrected chi connectivity index (χ1v) is 6.72. The van der Waals surface area contributed by atoms with Crippen LogP contribution in [0.1, 0.15) is 39.5 Å². The minimum Gasteiger partial charge on any atom is -0.380 e. The molecule has 0 aliphatic carbocycles. The number of hydrogen-bond acceptors (Lipinski definition) is 3. The Morgan fingerprint density at radius 1 is 1.44 bits per heavy atom. The van der Waals surface area contributed by atoms with Crippen molar-refractivity contribution in [1.82, 2.24) is 10.6 Å². The summed E-state index contributed by atoms with van der Waals surface area (Å²) in [6.45, 7) is 8.76. The van der Waals surface area contributed by atoms with E-state index in [1.165, 1.54) is 32.2 Å². The standard InChI is InChI=1S/C13H26N2O/c1-11(7-12-5-3-4-6-14-12)15-8-13(2)9-16-10-13/h11-12,14-15H,3-10H2,1-2H3. The number of piperidine rings is 1. The van der Waals surface area contributed by atoms with Crippen LogP contribution in [0.4, 0.5) is 0 Å². The summed E-state index contributed by atoms with van der Waals surface area (Å²) in [5.74, 6) is 0. The van der Waals surface area contributed by atoms with Crippen LogP contribution in [0.15, 0.2) is 0 Å². The second-order valence-electron chi connectivity index (χ2n) is 5.97. The van der Waals surface area contributed by atoms with E-state index < -0.39 is 0 Å². The minimum atomic E-state index is 0.397. The average Bonchev–Trinajstić information content (AvgIpc) is 2.25. The summed E-state index contributed by atoms with van der Waals surface area (Å²) in [6.07, 6.45) is 5.37. The van der Waals surface area contributed by atoms with Gasteiger partial charge in [0, 0.05) is 24.0 Å². The number of ether oxygens (including phenoxy) is 1. The molecule has 2 heterocycles. The van der Waals surface area contributed by atoms with Gasteiger partial charge in [-0.3, -0.25) is 0 Å². The molecule has 2 rings (SSSR count). The summed E-state index contributed by atoms with van der Waals surface area (Å²) in [7, 11) is 0. The fourth-order valence-electron chi connectivity index (χ4n) is 2.61. The van der Waals surface area contributed by atoms with E-state index in [1.54, 1.807) is 0 Å². The van der Waals surface area contributed by atoms with Crippen molar-refractivity contribution in [3.05, 3.63) is 0 Å². The Labute approximate surface area is 99.3 Å². The molecule has 0 bridgehead atoms. The molecule has 0 aromatic carbocycles. The lowest BCUT2D eigenvalue weighted by Crippen LogP contribution is -2.50. The summed E-state index contributed by atoms with van der Waals surface area (Å²) in [5, 5.41) is 7.26. The smallest absolute Gasteiger partial charge is 0.0554 e. The summed E-state index contributed by atoms with van der Waals surface area (Å²) < 4.78 is 5.27. The predicted molar refractivity (Wildman–Crippen MR) is 66.6 cm³/mol. The van der Waals surface area contributed by atoms with Crippen LogP contribution in [0, 0.1) is 5.41 Å². The van der Waals surface area contributed by atoms with Gasteiger partial charge in [0.2, 0.25) is 0 Å². The van der Waals surface area contributed by atoms with Gasteiger partial charge in [-0.1, -0.05) is 13.3 Å². The molecule has 2 aliphatic heterocycles. The molecular formula is C13H26N2O. The largest absolute Gasteiger partial charge is 0.380 e. The van der Waals surface area contributed by atoms with Crippen molar-refractivity contribution in [1.29, 1.82) is 0 Å². The topological polar surface area (TPSA) is 33.3 Å². The highest BCUT2D eigenvalue weighted by Gasteiger charge is 2.33. The third kappa shape index (κ3) is 3.44. The van der Waals surface area contributed by atoms with Crippen LogP contribution >= 0.6 is 0 Å². The van der Waals surface area contributed by atoms with Gasteiger partial charge < -0.3 is 15.4 Å². The zero-order valence-electron chi connectivity index (χ0n) is 10.7. The molecule has 2 aliphatic rings. The van der Waals surface area contributed by atoms with Gasteiger partial charge in [-0.05, 0) is 32.7 Å². The maximum Gasteiger partial charge on any atom is 0.0554 e. The van der Waals surface area contributed by atoms with E-state index in [0.717, 1.165) is 25.8 Å². The number of rotatable bonds is 5. The summed E-state index contributed by atoms with van der Waals surface area (Å²) in [5.41, 5.74) is 0.397. The van der Waals surface area contributed by atoms with Crippen LogP contribution in [0.5, 0.6) is 0 Å². The molecule has 0 amide bonds. The molecule has 0 spiro atoms. The van der Waals surface area contributed by atoms with E-state index in [2.05, 4.69) is 24.5 Å². The Morgan fingerprint density at radius 3 is 2.81 bits per heavy atom. The maximum absolute atomic E-state index is 5.27. The quantitative estimate of drug-likeness (QED) is 0.746. The van der Waals surface area contributed by atoms with Crippen LogP contribution in [-0.4, -0.2) is 38.4 Å². The fourth-order valence-corrected chi connectivity index (χ4v) is 2.61. The van der Waals surface area contributed by atoms with E-state index in [0.29, 0.717) is 11.5 Å². The second kappa shape index (κ2) is 5.48. The van der Waals surface area contributed by atoms with Crippen molar-refractivity contribution in [2.24, 2.45) is 5.41 Å². The zero-order chi connectivity index (χ0) is 11.4. The highest BCUT2D eigenvalue weighted by atomic mass is 16.5. The molecule has 2 N–H and O–H groups in total. The molecular weight excluding hydrogens is 200 g/mol. The minimum absolute atomic E-state index is 0.397. The van der Waals surface area contributed by atoms with Crippen LogP contribution in [-0.2, 0) is 4.74 Å². The molecule has 94 valence electrons. The number of hydrogen-bond donors (Lipinski definition) is 2. The lowest BCUT2D eigenvalue weighted by atomic mass is 9.88. The summed E-state index contributed by atoms with van der Waals surface area (Å²) in [4.78, 5) is 0. The van der Waals surface area contributed by atoms with Crippen molar-refractivity contribution in [3.63, 3.8) is 0 Å². The SMILES string of the molecule is CC(CC1CCCCN1)NCC1(C)COC1. The molecule has 3 heteroatoms. The summed E-state index contributed by atoms with van der Waals surface area (Å²) in [6, 6.07) is 1.36. The molecule has 3 nitrogen and oxygen atoms in total. The van der Waals surface area contributed by atoms with Gasteiger partial charge in [-0.25, -0.2) is 0 Å². The molecule has 0 aromatic rings. The highest BCUT2D eigenvalue weighted by molar-refractivity contribution is 4.85. The van der Waals surface area contributed by atoms with E-state index in [-0.39, 0.29) is 0 Å². The Bertz CT molecular complexity index is 210. The van der Waals surface area contributed by atoms with Crippen LogP contribution in [0.3, 0.4) is 0 Å². The third-order valence-corrected chi connectivity index (χ3v) is 3.83. The van der Waals surface area contributed by atoms with E-state index in [4.69, 9.17) is 4.74 Å². The first-order valence-electron chi connectivity index (χ1n) is 6.72. The van der Waals surface area contributed by atoms with Gasteiger partial charge in [0.1, 0.15) is 0 Å². The molecule has 0 radical (unpaired) electrons. The Hall–Kier alpha value is -0.120. The van der Waals surface area contributed by atoms with Gasteiger partial charge >= 0.3 is 0 Å². The van der Waals surface area contributed by atoms with E-state index >= 15 is 0 Å². The third-order valence-electron chi connectivity index (χ3n) is 3.83. The maximum atomic E-state index is 5.27. The van der Waals surface area contributed by atoms with Crippen LogP contribution in [0.25, 0.3) is 0 Å². The lowest BCUT2D eigenvalue weighted by molar-refractivity contribution is -0.0999. The van der Waals surface area contributed by atoms with E-state index in [9.17, 15) is 0 Å². The lowest BCUT2D eigenvalue weighted by Gasteiger charge is -2.39. The summed E-state index contributed by atoms with van der Waals surface area (Å²) >= 11 is 0. The Kier molecular flexibility index (Phi) is 4.22.